The first-order valence-electron chi connectivity index (χ1n) is 7.80. The number of aryl methyl sites for hydroxylation is 1. The van der Waals surface area contributed by atoms with Crippen LogP contribution in [0.15, 0.2) is 41.3 Å². The minimum atomic E-state index is -3.81. The van der Waals surface area contributed by atoms with Gasteiger partial charge in [0.15, 0.2) is 0 Å². The highest BCUT2D eigenvalue weighted by Crippen LogP contribution is 2.26. The summed E-state index contributed by atoms with van der Waals surface area (Å²) in [5.41, 5.74) is 1.54. The smallest absolute Gasteiger partial charge is 0.337 e. The van der Waals surface area contributed by atoms with E-state index in [1.165, 1.54) is 45.5 Å². The van der Waals surface area contributed by atoms with Crippen LogP contribution in [0.25, 0.3) is 0 Å². The summed E-state index contributed by atoms with van der Waals surface area (Å²) in [6.07, 6.45) is 0. The van der Waals surface area contributed by atoms with Crippen molar-refractivity contribution in [1.82, 2.24) is 4.31 Å². The molecule has 0 saturated carbocycles. The Morgan fingerprint density at radius 2 is 1.70 bits per heavy atom. The van der Waals surface area contributed by atoms with Gasteiger partial charge in [-0.1, -0.05) is 17.7 Å². The van der Waals surface area contributed by atoms with Gasteiger partial charge in [-0.2, -0.15) is 0 Å². The molecule has 0 aliphatic heterocycles. The molecule has 2 rings (SSSR count). The molecule has 1 N–H and O–H groups in total. The molecule has 1 amide bonds. The first-order chi connectivity index (χ1) is 12.6. The number of nitrogens with one attached hydrogen (secondary N) is 1. The summed E-state index contributed by atoms with van der Waals surface area (Å²) in [5, 5.41) is 2.69. The van der Waals surface area contributed by atoms with Crippen LogP contribution in [-0.2, 0) is 14.8 Å². The van der Waals surface area contributed by atoms with Crippen molar-refractivity contribution in [3.63, 3.8) is 0 Å². The number of esters is 1. The van der Waals surface area contributed by atoms with E-state index in [1.54, 1.807) is 19.1 Å². The van der Waals surface area contributed by atoms with Crippen molar-refractivity contribution in [3.05, 3.63) is 58.1 Å². The average Bonchev–Trinajstić information content (AvgIpc) is 2.62. The molecular formula is C18H19ClN2O5S. The summed E-state index contributed by atoms with van der Waals surface area (Å²) in [4.78, 5) is 24.1. The highest BCUT2D eigenvalue weighted by Gasteiger charge is 2.22. The van der Waals surface area contributed by atoms with Gasteiger partial charge in [-0.25, -0.2) is 17.5 Å². The quantitative estimate of drug-likeness (QED) is 0.765. The maximum absolute atomic E-state index is 12.6. The molecule has 0 fully saturated rings. The number of benzene rings is 2. The number of hydrogen-bond donors (Lipinski definition) is 1. The van der Waals surface area contributed by atoms with Crippen molar-refractivity contribution >= 4 is 39.2 Å². The van der Waals surface area contributed by atoms with E-state index in [-0.39, 0.29) is 21.0 Å². The first kappa shape index (κ1) is 20.9. The second-order valence-electron chi connectivity index (χ2n) is 5.91. The Labute approximate surface area is 162 Å². The molecular weight excluding hydrogens is 392 g/mol. The second-order valence-corrected chi connectivity index (χ2v) is 8.44. The van der Waals surface area contributed by atoms with Gasteiger partial charge in [-0.15, -0.1) is 0 Å². The third kappa shape index (κ3) is 4.47. The topological polar surface area (TPSA) is 92.8 Å². The number of sulfonamides is 1. The van der Waals surface area contributed by atoms with Crippen LogP contribution >= 0.6 is 11.6 Å². The zero-order chi connectivity index (χ0) is 20.4. The Morgan fingerprint density at radius 1 is 1.07 bits per heavy atom. The lowest BCUT2D eigenvalue weighted by atomic mass is 10.1. The van der Waals surface area contributed by atoms with Crippen LogP contribution in [0.1, 0.15) is 26.3 Å². The Bertz CT molecular complexity index is 1000. The lowest BCUT2D eigenvalue weighted by Gasteiger charge is -2.14. The lowest BCUT2D eigenvalue weighted by Crippen LogP contribution is -2.23. The molecule has 144 valence electrons. The molecule has 0 saturated heterocycles. The third-order valence-corrected chi connectivity index (χ3v) is 6.16. The second kappa shape index (κ2) is 8.08. The summed E-state index contributed by atoms with van der Waals surface area (Å²) < 4.78 is 30.4. The van der Waals surface area contributed by atoms with Gasteiger partial charge in [0.05, 0.1) is 17.7 Å². The fraction of sp³-hybridized carbons (Fsp3) is 0.222. The molecule has 9 heteroatoms. The maximum Gasteiger partial charge on any atom is 0.337 e. The van der Waals surface area contributed by atoms with Gasteiger partial charge >= 0.3 is 5.97 Å². The summed E-state index contributed by atoms with van der Waals surface area (Å²) in [5.74, 6) is -1.07. The van der Waals surface area contributed by atoms with Gasteiger partial charge in [0.2, 0.25) is 10.0 Å². The highest BCUT2D eigenvalue weighted by molar-refractivity contribution is 7.89. The molecule has 27 heavy (non-hydrogen) atoms. The van der Waals surface area contributed by atoms with E-state index in [2.05, 4.69) is 10.1 Å². The van der Waals surface area contributed by atoms with Crippen molar-refractivity contribution < 1.29 is 22.7 Å². The Hall–Kier alpha value is -2.42. The molecule has 0 spiro atoms. The minimum absolute atomic E-state index is 0.0177. The van der Waals surface area contributed by atoms with Gasteiger partial charge in [0.1, 0.15) is 4.90 Å². The Morgan fingerprint density at radius 3 is 2.30 bits per heavy atom. The van der Waals surface area contributed by atoms with Crippen molar-refractivity contribution in [2.45, 2.75) is 11.8 Å². The number of carbonyl (C=O) groups excluding carboxylic acids is 2. The molecule has 0 bridgehead atoms. The van der Waals surface area contributed by atoms with E-state index < -0.39 is 21.9 Å². The molecule has 7 nitrogen and oxygen atoms in total. The standard InChI is InChI=1S/C18H19ClN2O5S/c1-11-5-6-13(18(23)26-4)9-15(11)20-17(22)12-7-8-14(19)16(10-12)27(24,25)21(2)3/h5-10H,1-4H3,(H,20,22). The van der Waals surface area contributed by atoms with E-state index in [9.17, 15) is 18.0 Å². The summed E-state index contributed by atoms with van der Waals surface area (Å²) in [6, 6.07) is 8.74. The van der Waals surface area contributed by atoms with Crippen molar-refractivity contribution in [2.75, 3.05) is 26.5 Å². The van der Waals surface area contributed by atoms with E-state index in [0.29, 0.717) is 5.69 Å². The number of carbonyl (C=O) groups is 2. The van der Waals surface area contributed by atoms with Crippen molar-refractivity contribution in [2.24, 2.45) is 0 Å². The number of ether oxygens (including phenoxy) is 1. The van der Waals surface area contributed by atoms with Crippen LogP contribution in [0.3, 0.4) is 0 Å². The van der Waals surface area contributed by atoms with Gasteiger partial charge in [0, 0.05) is 25.3 Å². The fourth-order valence-electron chi connectivity index (χ4n) is 2.23. The number of nitrogens with zero attached hydrogens (tertiary/aromatic N) is 1. The van der Waals surface area contributed by atoms with E-state index >= 15 is 0 Å². The SMILES string of the molecule is COC(=O)c1ccc(C)c(NC(=O)c2ccc(Cl)c(S(=O)(=O)N(C)C)c2)c1. The fourth-order valence-corrected chi connectivity index (χ4v) is 3.63. The minimum Gasteiger partial charge on any atom is -0.465 e. The predicted octanol–water partition coefficient (Wildman–Crippen LogP) is 2.94. The number of rotatable bonds is 5. The van der Waals surface area contributed by atoms with Crippen LogP contribution in [0.4, 0.5) is 5.69 Å². The molecule has 0 aromatic heterocycles. The average molecular weight is 411 g/mol. The zero-order valence-corrected chi connectivity index (χ0v) is 16.8. The van der Waals surface area contributed by atoms with E-state index in [0.717, 1.165) is 9.87 Å². The third-order valence-electron chi connectivity index (χ3n) is 3.86. The summed E-state index contributed by atoms with van der Waals surface area (Å²) in [7, 11) is 0.209. The highest BCUT2D eigenvalue weighted by atomic mass is 35.5. The van der Waals surface area contributed by atoms with Crippen molar-refractivity contribution in [3.8, 4) is 0 Å². The van der Waals surface area contributed by atoms with Crippen molar-refractivity contribution in [1.29, 1.82) is 0 Å². The maximum atomic E-state index is 12.6. The lowest BCUT2D eigenvalue weighted by molar-refractivity contribution is 0.0600. The molecule has 0 aliphatic rings. The largest absolute Gasteiger partial charge is 0.465 e. The Balaban J connectivity index is 2.39. The monoisotopic (exact) mass is 410 g/mol. The van der Waals surface area contributed by atoms with Crippen LogP contribution in [-0.4, -0.2) is 45.8 Å². The molecule has 0 radical (unpaired) electrons. The molecule has 0 aliphatic carbocycles. The summed E-state index contributed by atoms with van der Waals surface area (Å²) >= 11 is 6.00. The van der Waals surface area contributed by atoms with Gasteiger partial charge in [-0.3, -0.25) is 4.79 Å². The van der Waals surface area contributed by atoms with E-state index in [4.69, 9.17) is 11.6 Å². The molecule has 0 atom stereocenters. The predicted molar refractivity (Wildman–Crippen MR) is 103 cm³/mol. The number of amides is 1. The van der Waals surface area contributed by atoms with Gasteiger partial charge < -0.3 is 10.1 Å². The number of halogens is 1. The van der Waals surface area contributed by atoms with Crippen LogP contribution in [0, 0.1) is 6.92 Å². The summed E-state index contributed by atoms with van der Waals surface area (Å²) in [6.45, 7) is 1.76. The normalized spacial score (nSPS) is 11.3. The Kier molecular flexibility index (Phi) is 6.25. The van der Waals surface area contributed by atoms with Gasteiger partial charge in [-0.05, 0) is 42.8 Å². The zero-order valence-electron chi connectivity index (χ0n) is 15.2. The first-order valence-corrected chi connectivity index (χ1v) is 9.62. The van der Waals surface area contributed by atoms with E-state index in [1.807, 2.05) is 0 Å². The van der Waals surface area contributed by atoms with Crippen LogP contribution in [0.5, 0.6) is 0 Å². The number of methoxy groups -OCH3 is 1. The number of anilines is 1. The molecule has 2 aromatic carbocycles. The van der Waals surface area contributed by atoms with Gasteiger partial charge in [0.25, 0.3) is 5.91 Å². The van der Waals surface area contributed by atoms with Crippen LogP contribution < -0.4 is 5.32 Å². The van der Waals surface area contributed by atoms with Crippen LogP contribution in [0.2, 0.25) is 5.02 Å². The molecule has 2 aromatic rings. The number of hydrogen-bond acceptors (Lipinski definition) is 5. The molecule has 0 heterocycles. The molecule has 0 unspecified atom stereocenters.